The lowest BCUT2D eigenvalue weighted by Gasteiger charge is -2.14. The molecule has 0 aliphatic rings. The maximum atomic E-state index is 11.7. The molecule has 0 bridgehead atoms. The molecule has 0 spiro atoms. The summed E-state index contributed by atoms with van der Waals surface area (Å²) in [6.07, 6.45) is 5.67. The van der Waals surface area contributed by atoms with Gasteiger partial charge in [-0.1, -0.05) is 74.5 Å². The molecule has 4 nitrogen and oxygen atoms in total. The zero-order valence-corrected chi connectivity index (χ0v) is 18.1. The van der Waals surface area contributed by atoms with E-state index in [-0.39, 0.29) is 0 Å². The fraction of sp³-hybridized carbons (Fsp3) is 0.269. The molecule has 154 valence electrons. The van der Waals surface area contributed by atoms with Crippen LogP contribution in [0.1, 0.15) is 58.1 Å². The standard InChI is InChI=1S/C26H28N2O2/c1-18(2)10-13-23-14-22(12-11-19(23)3)15-24-26(25(16-29)28-20(4)27-24)30-17-21-8-6-5-7-9-21/h5-14,16,18H,15,17H2,1-4H3/b13-10-. The molecule has 30 heavy (non-hydrogen) atoms. The normalized spacial score (nSPS) is 11.2. The molecule has 2 aromatic carbocycles. The van der Waals surface area contributed by atoms with Crippen molar-refractivity contribution in [2.75, 3.05) is 0 Å². The maximum absolute atomic E-state index is 11.7. The van der Waals surface area contributed by atoms with Crippen LogP contribution in [0.4, 0.5) is 0 Å². The fourth-order valence-electron chi connectivity index (χ4n) is 3.20. The Bertz CT molecular complexity index is 1040. The van der Waals surface area contributed by atoms with Crippen molar-refractivity contribution in [1.29, 1.82) is 0 Å². The van der Waals surface area contributed by atoms with Gasteiger partial charge in [0.2, 0.25) is 0 Å². The lowest BCUT2D eigenvalue weighted by molar-refractivity contribution is 0.111. The van der Waals surface area contributed by atoms with E-state index in [1.54, 1.807) is 6.92 Å². The number of allylic oxidation sites excluding steroid dienone is 1. The van der Waals surface area contributed by atoms with Crippen molar-refractivity contribution >= 4 is 12.4 Å². The summed E-state index contributed by atoms with van der Waals surface area (Å²) in [4.78, 5) is 20.5. The van der Waals surface area contributed by atoms with Gasteiger partial charge in [-0.05, 0) is 42.0 Å². The third-order valence-electron chi connectivity index (χ3n) is 4.79. The number of aryl methyl sites for hydroxylation is 2. The van der Waals surface area contributed by atoms with E-state index >= 15 is 0 Å². The predicted molar refractivity (Wildman–Crippen MR) is 121 cm³/mol. The van der Waals surface area contributed by atoms with Gasteiger partial charge in [0.15, 0.2) is 12.0 Å². The number of aromatic nitrogens is 2. The van der Waals surface area contributed by atoms with Crippen LogP contribution in [0.5, 0.6) is 5.75 Å². The number of aldehydes is 1. The van der Waals surface area contributed by atoms with E-state index in [1.165, 1.54) is 11.1 Å². The second-order valence-electron chi connectivity index (χ2n) is 7.79. The number of ether oxygens (including phenoxy) is 1. The first-order valence-electron chi connectivity index (χ1n) is 10.2. The molecule has 0 atom stereocenters. The van der Waals surface area contributed by atoms with E-state index in [9.17, 15) is 4.79 Å². The number of hydrogen-bond donors (Lipinski definition) is 0. The number of nitrogens with zero attached hydrogens (tertiary/aromatic N) is 2. The summed E-state index contributed by atoms with van der Waals surface area (Å²) < 4.78 is 6.04. The van der Waals surface area contributed by atoms with Crippen LogP contribution in [0.15, 0.2) is 54.6 Å². The molecule has 0 N–H and O–H groups in total. The van der Waals surface area contributed by atoms with Gasteiger partial charge in [-0.15, -0.1) is 0 Å². The Balaban J connectivity index is 1.92. The van der Waals surface area contributed by atoms with Gasteiger partial charge in [0.05, 0.1) is 5.69 Å². The first-order chi connectivity index (χ1) is 14.5. The zero-order chi connectivity index (χ0) is 21.5. The molecule has 1 heterocycles. The smallest absolute Gasteiger partial charge is 0.172 e. The summed E-state index contributed by atoms with van der Waals surface area (Å²) in [7, 11) is 0. The van der Waals surface area contributed by atoms with Gasteiger partial charge >= 0.3 is 0 Å². The van der Waals surface area contributed by atoms with Crippen molar-refractivity contribution in [3.05, 3.63) is 94.1 Å². The summed E-state index contributed by atoms with van der Waals surface area (Å²) in [5.41, 5.74) is 5.57. The summed E-state index contributed by atoms with van der Waals surface area (Å²) in [5, 5.41) is 0. The van der Waals surface area contributed by atoms with Crippen LogP contribution in [0.2, 0.25) is 0 Å². The third-order valence-corrected chi connectivity index (χ3v) is 4.79. The molecule has 4 heteroatoms. The highest BCUT2D eigenvalue weighted by Crippen LogP contribution is 2.25. The number of rotatable bonds is 8. The molecule has 0 amide bonds. The lowest BCUT2D eigenvalue weighted by atomic mass is 10.00. The molecule has 0 aliphatic carbocycles. The Labute approximate surface area is 178 Å². The second kappa shape index (κ2) is 9.97. The summed E-state index contributed by atoms with van der Waals surface area (Å²) in [5.74, 6) is 1.51. The van der Waals surface area contributed by atoms with E-state index in [1.807, 2.05) is 30.3 Å². The molecule has 1 aromatic heterocycles. The van der Waals surface area contributed by atoms with Gasteiger partial charge in [0.1, 0.15) is 18.1 Å². The maximum Gasteiger partial charge on any atom is 0.172 e. The minimum Gasteiger partial charge on any atom is -0.485 e. The number of carbonyl (C=O) groups excluding carboxylic acids is 1. The third kappa shape index (κ3) is 5.63. The van der Waals surface area contributed by atoms with Crippen LogP contribution >= 0.6 is 0 Å². The molecular formula is C26H28N2O2. The van der Waals surface area contributed by atoms with E-state index < -0.39 is 0 Å². The average Bonchev–Trinajstić information content (AvgIpc) is 2.73. The van der Waals surface area contributed by atoms with E-state index in [0.29, 0.717) is 36.2 Å². The Morgan fingerprint density at radius 1 is 1.00 bits per heavy atom. The number of carbonyl (C=O) groups is 1. The summed E-state index contributed by atoms with van der Waals surface area (Å²) in [6, 6.07) is 16.3. The Hall–Kier alpha value is -3.27. The van der Waals surface area contributed by atoms with Crippen molar-refractivity contribution in [1.82, 2.24) is 9.97 Å². The quantitative estimate of drug-likeness (QED) is 0.452. The predicted octanol–water partition coefficient (Wildman–Crippen LogP) is 5.74. The molecule has 0 fully saturated rings. The van der Waals surface area contributed by atoms with Crippen molar-refractivity contribution in [2.45, 2.75) is 40.7 Å². The minimum atomic E-state index is 0.292. The molecule has 0 radical (unpaired) electrons. The number of hydrogen-bond acceptors (Lipinski definition) is 4. The van der Waals surface area contributed by atoms with Gasteiger partial charge in [-0.2, -0.15) is 0 Å². The van der Waals surface area contributed by atoms with Crippen LogP contribution < -0.4 is 4.74 Å². The van der Waals surface area contributed by atoms with E-state index in [2.05, 4.69) is 61.1 Å². The molecule has 3 aromatic rings. The molecule has 0 saturated heterocycles. The van der Waals surface area contributed by atoms with Gasteiger partial charge in [-0.25, -0.2) is 9.97 Å². The van der Waals surface area contributed by atoms with Crippen LogP contribution in [0.3, 0.4) is 0 Å². The zero-order valence-electron chi connectivity index (χ0n) is 18.1. The lowest BCUT2D eigenvalue weighted by Crippen LogP contribution is -2.08. The van der Waals surface area contributed by atoms with Gasteiger partial charge in [-0.3, -0.25) is 4.79 Å². The first kappa shape index (κ1) is 21.4. The van der Waals surface area contributed by atoms with Crippen molar-refractivity contribution in [3.8, 4) is 5.75 Å². The molecule has 0 saturated carbocycles. The van der Waals surface area contributed by atoms with Crippen LogP contribution in [-0.2, 0) is 13.0 Å². The molecule has 0 aliphatic heterocycles. The second-order valence-corrected chi connectivity index (χ2v) is 7.79. The molecule has 0 unspecified atom stereocenters. The van der Waals surface area contributed by atoms with Crippen molar-refractivity contribution in [2.24, 2.45) is 5.92 Å². The minimum absolute atomic E-state index is 0.292. The topological polar surface area (TPSA) is 52.1 Å². The van der Waals surface area contributed by atoms with Gasteiger partial charge in [0.25, 0.3) is 0 Å². The number of benzene rings is 2. The first-order valence-corrected chi connectivity index (χ1v) is 10.2. The van der Waals surface area contributed by atoms with Crippen LogP contribution in [0.25, 0.3) is 6.08 Å². The highest BCUT2D eigenvalue weighted by atomic mass is 16.5. The van der Waals surface area contributed by atoms with Crippen molar-refractivity contribution in [3.63, 3.8) is 0 Å². The highest BCUT2D eigenvalue weighted by molar-refractivity contribution is 5.77. The largest absolute Gasteiger partial charge is 0.485 e. The van der Waals surface area contributed by atoms with E-state index in [4.69, 9.17) is 4.74 Å². The van der Waals surface area contributed by atoms with Gasteiger partial charge in [0, 0.05) is 6.42 Å². The molecular weight excluding hydrogens is 372 g/mol. The van der Waals surface area contributed by atoms with E-state index in [0.717, 1.165) is 23.1 Å². The monoisotopic (exact) mass is 400 g/mol. The fourth-order valence-corrected chi connectivity index (χ4v) is 3.20. The highest BCUT2D eigenvalue weighted by Gasteiger charge is 2.16. The molecule has 3 rings (SSSR count). The van der Waals surface area contributed by atoms with Crippen LogP contribution in [-0.4, -0.2) is 16.3 Å². The van der Waals surface area contributed by atoms with Gasteiger partial charge < -0.3 is 4.74 Å². The average molecular weight is 401 g/mol. The Morgan fingerprint density at radius 2 is 1.77 bits per heavy atom. The van der Waals surface area contributed by atoms with Crippen LogP contribution in [0, 0.1) is 19.8 Å². The summed E-state index contributed by atoms with van der Waals surface area (Å²) >= 11 is 0. The Morgan fingerprint density at radius 3 is 2.47 bits per heavy atom. The SMILES string of the molecule is Cc1nc(C=O)c(OCc2ccccc2)c(Cc2ccc(C)c(/C=C\C(C)C)c2)n1. The summed E-state index contributed by atoms with van der Waals surface area (Å²) in [6.45, 7) is 8.59. The Kier molecular flexibility index (Phi) is 7.12. The van der Waals surface area contributed by atoms with Crippen molar-refractivity contribution < 1.29 is 9.53 Å².